The van der Waals surface area contributed by atoms with Crippen LogP contribution in [0.3, 0.4) is 0 Å². The van der Waals surface area contributed by atoms with Crippen molar-refractivity contribution in [3.05, 3.63) is 72.3 Å². The highest BCUT2D eigenvalue weighted by molar-refractivity contribution is 5.84. The Morgan fingerprint density at radius 2 is 1.67 bits per heavy atom. The lowest BCUT2D eigenvalue weighted by Crippen LogP contribution is -2.44. The highest BCUT2D eigenvalue weighted by atomic mass is 16.5. The number of ether oxygens (including phenoxy) is 1. The number of carboxylic acids is 1. The van der Waals surface area contributed by atoms with Crippen molar-refractivity contribution in [2.24, 2.45) is 0 Å². The lowest BCUT2D eigenvalue weighted by atomic mass is 9.98. The SMILES string of the molecule is C=CCCC(NC(=O)C[C@H](CC)NC(=O)OCC1c2ccccc2-c2ccccc21)C(=O)O. The molecular formula is C26H30N2O5. The predicted molar refractivity (Wildman–Crippen MR) is 126 cm³/mol. The van der Waals surface area contributed by atoms with Gasteiger partial charge in [0, 0.05) is 18.4 Å². The summed E-state index contributed by atoms with van der Waals surface area (Å²) in [6.45, 7) is 5.60. The number of aliphatic carboxylic acids is 1. The number of fused-ring (bicyclic) bond motifs is 3. The molecule has 2 aromatic carbocycles. The van der Waals surface area contributed by atoms with Crippen LogP contribution in [-0.2, 0) is 14.3 Å². The van der Waals surface area contributed by atoms with Crippen LogP contribution in [0.25, 0.3) is 11.1 Å². The van der Waals surface area contributed by atoms with Gasteiger partial charge in [-0.05, 0) is 41.5 Å². The number of alkyl carbamates (subject to hydrolysis) is 1. The Morgan fingerprint density at radius 3 is 2.21 bits per heavy atom. The van der Waals surface area contributed by atoms with Gasteiger partial charge in [-0.15, -0.1) is 6.58 Å². The average molecular weight is 451 g/mol. The largest absolute Gasteiger partial charge is 0.480 e. The zero-order valence-electron chi connectivity index (χ0n) is 18.8. The van der Waals surface area contributed by atoms with E-state index in [2.05, 4.69) is 29.3 Å². The summed E-state index contributed by atoms with van der Waals surface area (Å²) in [4.78, 5) is 36.1. The lowest BCUT2D eigenvalue weighted by molar-refractivity contribution is -0.142. The van der Waals surface area contributed by atoms with Crippen LogP contribution in [0.5, 0.6) is 0 Å². The summed E-state index contributed by atoms with van der Waals surface area (Å²) in [5.41, 5.74) is 4.54. The van der Waals surface area contributed by atoms with Crippen LogP contribution in [0.1, 0.15) is 49.7 Å². The smallest absolute Gasteiger partial charge is 0.407 e. The van der Waals surface area contributed by atoms with Gasteiger partial charge in [0.05, 0.1) is 0 Å². The first-order valence-electron chi connectivity index (χ1n) is 11.2. The first-order valence-corrected chi connectivity index (χ1v) is 11.2. The monoisotopic (exact) mass is 450 g/mol. The third-order valence-electron chi connectivity index (χ3n) is 5.88. The fraction of sp³-hybridized carbons (Fsp3) is 0.346. The molecule has 1 aliphatic rings. The van der Waals surface area contributed by atoms with Crippen LogP contribution in [0, 0.1) is 0 Å². The van der Waals surface area contributed by atoms with Gasteiger partial charge in [-0.1, -0.05) is 61.5 Å². The molecule has 0 fully saturated rings. The molecule has 0 aromatic heterocycles. The van der Waals surface area contributed by atoms with E-state index in [4.69, 9.17) is 4.74 Å². The number of carbonyl (C=O) groups is 3. The Bertz CT molecular complexity index is 974. The van der Waals surface area contributed by atoms with Gasteiger partial charge in [-0.3, -0.25) is 4.79 Å². The molecule has 0 heterocycles. The second-order valence-electron chi connectivity index (χ2n) is 8.10. The first kappa shape index (κ1) is 24.0. The van der Waals surface area contributed by atoms with Gasteiger partial charge in [0.1, 0.15) is 12.6 Å². The molecule has 2 aromatic rings. The molecule has 2 amide bonds. The van der Waals surface area contributed by atoms with Crippen molar-refractivity contribution in [1.29, 1.82) is 0 Å². The maximum atomic E-state index is 12.5. The molecule has 0 radical (unpaired) electrons. The Balaban J connectivity index is 1.55. The molecule has 0 bridgehead atoms. The molecule has 3 N–H and O–H groups in total. The lowest BCUT2D eigenvalue weighted by Gasteiger charge is -2.20. The molecule has 2 atom stereocenters. The maximum absolute atomic E-state index is 12.5. The summed E-state index contributed by atoms with van der Waals surface area (Å²) in [7, 11) is 0. The van der Waals surface area contributed by atoms with Crippen LogP contribution in [0.4, 0.5) is 4.79 Å². The number of benzene rings is 2. The molecule has 3 rings (SSSR count). The average Bonchev–Trinajstić information content (AvgIpc) is 3.13. The van der Waals surface area contributed by atoms with E-state index in [9.17, 15) is 19.5 Å². The van der Waals surface area contributed by atoms with Gasteiger partial charge in [-0.25, -0.2) is 9.59 Å². The Hall–Kier alpha value is -3.61. The number of hydrogen-bond acceptors (Lipinski definition) is 4. The minimum Gasteiger partial charge on any atom is -0.480 e. The third kappa shape index (κ3) is 6.00. The summed E-state index contributed by atoms with van der Waals surface area (Å²) in [5.74, 6) is -1.58. The molecule has 0 aliphatic heterocycles. The predicted octanol–water partition coefficient (Wildman–Crippen LogP) is 4.23. The van der Waals surface area contributed by atoms with E-state index < -0.39 is 30.1 Å². The Morgan fingerprint density at radius 1 is 1.06 bits per heavy atom. The van der Waals surface area contributed by atoms with Gasteiger partial charge in [-0.2, -0.15) is 0 Å². The van der Waals surface area contributed by atoms with Crippen LogP contribution >= 0.6 is 0 Å². The quantitative estimate of drug-likeness (QED) is 0.445. The fourth-order valence-corrected chi connectivity index (χ4v) is 4.12. The summed E-state index contributed by atoms with van der Waals surface area (Å²) < 4.78 is 5.54. The molecule has 33 heavy (non-hydrogen) atoms. The van der Waals surface area contributed by atoms with E-state index in [1.807, 2.05) is 43.3 Å². The van der Waals surface area contributed by atoms with Crippen LogP contribution in [-0.4, -0.2) is 41.8 Å². The van der Waals surface area contributed by atoms with Crippen LogP contribution in [0.2, 0.25) is 0 Å². The van der Waals surface area contributed by atoms with Crippen molar-refractivity contribution >= 4 is 18.0 Å². The van der Waals surface area contributed by atoms with Gasteiger partial charge >= 0.3 is 12.1 Å². The number of carboxylic acid groups (broad SMARTS) is 1. The third-order valence-corrected chi connectivity index (χ3v) is 5.88. The summed E-state index contributed by atoms with van der Waals surface area (Å²) >= 11 is 0. The molecule has 1 aliphatic carbocycles. The minimum absolute atomic E-state index is 0.0292. The molecule has 1 unspecified atom stereocenters. The minimum atomic E-state index is -1.09. The topological polar surface area (TPSA) is 105 Å². The normalized spacial score (nSPS) is 13.8. The van der Waals surface area contributed by atoms with E-state index in [0.717, 1.165) is 22.3 Å². The maximum Gasteiger partial charge on any atom is 0.407 e. The highest BCUT2D eigenvalue weighted by Gasteiger charge is 2.29. The number of allylic oxidation sites excluding steroid dienone is 1. The Labute approximate surface area is 193 Å². The van der Waals surface area contributed by atoms with Gasteiger partial charge in [0.25, 0.3) is 0 Å². The van der Waals surface area contributed by atoms with E-state index in [0.29, 0.717) is 12.8 Å². The van der Waals surface area contributed by atoms with Gasteiger partial charge in [0.2, 0.25) is 5.91 Å². The zero-order chi connectivity index (χ0) is 23.8. The number of rotatable bonds is 11. The van der Waals surface area contributed by atoms with Gasteiger partial charge in [0.15, 0.2) is 0 Å². The standard InChI is InChI=1S/C26H30N2O5/c1-3-5-14-23(25(30)31)28-24(29)15-17(4-2)27-26(32)33-16-22-20-12-8-6-10-18(20)19-11-7-9-13-21(19)22/h3,6-13,17,22-23H,1,4-5,14-16H2,2H3,(H,27,32)(H,28,29)(H,30,31)/t17-,23?/m0/s1. The van der Waals surface area contributed by atoms with Crippen molar-refractivity contribution < 1.29 is 24.2 Å². The summed E-state index contributed by atoms with van der Waals surface area (Å²) in [5, 5.41) is 14.5. The molecule has 174 valence electrons. The molecule has 7 heteroatoms. The van der Waals surface area contributed by atoms with E-state index in [-0.39, 0.29) is 25.4 Å². The number of hydrogen-bond donors (Lipinski definition) is 3. The molecule has 0 saturated carbocycles. The molecule has 0 spiro atoms. The van der Waals surface area contributed by atoms with Crippen molar-refractivity contribution in [1.82, 2.24) is 10.6 Å². The number of nitrogens with one attached hydrogen (secondary N) is 2. The zero-order valence-corrected chi connectivity index (χ0v) is 18.8. The first-order chi connectivity index (χ1) is 15.9. The van der Waals surface area contributed by atoms with Crippen molar-refractivity contribution in [3.8, 4) is 11.1 Å². The number of amides is 2. The summed E-state index contributed by atoms with van der Waals surface area (Å²) in [6, 6.07) is 14.7. The van der Waals surface area contributed by atoms with E-state index in [1.54, 1.807) is 6.08 Å². The second kappa shape index (κ2) is 11.3. The second-order valence-corrected chi connectivity index (χ2v) is 8.10. The van der Waals surface area contributed by atoms with E-state index in [1.165, 1.54) is 0 Å². The van der Waals surface area contributed by atoms with Gasteiger partial charge < -0.3 is 20.5 Å². The highest BCUT2D eigenvalue weighted by Crippen LogP contribution is 2.44. The number of carbonyl (C=O) groups excluding carboxylic acids is 2. The summed E-state index contributed by atoms with van der Waals surface area (Å²) in [6.07, 6.45) is 2.22. The van der Waals surface area contributed by atoms with Crippen molar-refractivity contribution in [3.63, 3.8) is 0 Å². The van der Waals surface area contributed by atoms with Crippen LogP contribution in [0.15, 0.2) is 61.2 Å². The molecule has 7 nitrogen and oxygen atoms in total. The Kier molecular flexibility index (Phi) is 8.24. The van der Waals surface area contributed by atoms with E-state index >= 15 is 0 Å². The molecule has 0 saturated heterocycles. The van der Waals surface area contributed by atoms with Crippen molar-refractivity contribution in [2.75, 3.05) is 6.61 Å². The van der Waals surface area contributed by atoms with Crippen molar-refractivity contribution in [2.45, 2.75) is 50.6 Å². The molecular weight excluding hydrogens is 420 g/mol. The fourth-order valence-electron chi connectivity index (χ4n) is 4.12. The van der Waals surface area contributed by atoms with Crippen LogP contribution < -0.4 is 10.6 Å².